The van der Waals surface area contributed by atoms with Crippen molar-refractivity contribution in [3.63, 3.8) is 0 Å². The Hall–Kier alpha value is -2.02. The average Bonchev–Trinajstić information content (AvgIpc) is 2.36. The number of carboxylic acid groups (broad SMARTS) is 1. The molecule has 0 amide bonds. The third-order valence-corrected chi connectivity index (χ3v) is 3.61. The van der Waals surface area contributed by atoms with Crippen LogP contribution >= 0.6 is 0 Å². The molecule has 19 heavy (non-hydrogen) atoms. The van der Waals surface area contributed by atoms with Gasteiger partial charge in [0.1, 0.15) is 16.7 Å². The Kier molecular flexibility index (Phi) is 4.21. The van der Waals surface area contributed by atoms with Gasteiger partial charge in [-0.3, -0.25) is 0 Å². The van der Waals surface area contributed by atoms with Crippen LogP contribution in [0.4, 0.5) is 0 Å². The molecule has 1 aromatic heterocycles. The standard InChI is InChI=1S/C10H11N3O5S/c1-10(16,9(14)15)6-13-19(17,18)8-3-2-7(4-11)12-5-8/h2-3,5,13,16H,6H2,1H3,(H,14,15). The van der Waals surface area contributed by atoms with E-state index in [0.717, 1.165) is 19.2 Å². The number of carboxylic acids is 1. The van der Waals surface area contributed by atoms with E-state index in [0.29, 0.717) is 0 Å². The lowest BCUT2D eigenvalue weighted by Crippen LogP contribution is -2.46. The fourth-order valence-corrected chi connectivity index (χ4v) is 2.08. The number of hydrogen-bond acceptors (Lipinski definition) is 6. The monoisotopic (exact) mass is 285 g/mol. The van der Waals surface area contributed by atoms with Gasteiger partial charge in [-0.15, -0.1) is 0 Å². The van der Waals surface area contributed by atoms with Gasteiger partial charge < -0.3 is 10.2 Å². The van der Waals surface area contributed by atoms with Crippen molar-refractivity contribution in [2.45, 2.75) is 17.4 Å². The Morgan fingerprint density at radius 3 is 2.63 bits per heavy atom. The van der Waals surface area contributed by atoms with Crippen molar-refractivity contribution in [2.75, 3.05) is 6.54 Å². The maximum atomic E-state index is 11.8. The lowest BCUT2D eigenvalue weighted by atomic mass is 10.1. The van der Waals surface area contributed by atoms with Crippen LogP contribution in [-0.4, -0.2) is 41.7 Å². The molecule has 1 aromatic rings. The second-order valence-electron chi connectivity index (χ2n) is 3.89. The molecule has 1 heterocycles. The molecule has 102 valence electrons. The van der Waals surface area contributed by atoms with Crippen molar-refractivity contribution in [2.24, 2.45) is 0 Å². The van der Waals surface area contributed by atoms with Crippen LogP contribution in [0.15, 0.2) is 23.2 Å². The summed E-state index contributed by atoms with van der Waals surface area (Å²) in [4.78, 5) is 14.0. The number of nitrogens with one attached hydrogen (secondary N) is 1. The number of rotatable bonds is 5. The summed E-state index contributed by atoms with van der Waals surface area (Å²) in [6.45, 7) is 0.277. The van der Waals surface area contributed by atoms with E-state index in [1.54, 1.807) is 6.07 Å². The fraction of sp³-hybridized carbons (Fsp3) is 0.300. The molecule has 0 bridgehead atoms. The smallest absolute Gasteiger partial charge is 0.336 e. The quantitative estimate of drug-likeness (QED) is 0.634. The first-order valence-electron chi connectivity index (χ1n) is 5.00. The van der Waals surface area contributed by atoms with Gasteiger partial charge in [-0.05, 0) is 19.1 Å². The first-order valence-corrected chi connectivity index (χ1v) is 6.49. The van der Waals surface area contributed by atoms with E-state index in [1.807, 2.05) is 4.72 Å². The minimum atomic E-state index is -4.00. The minimum Gasteiger partial charge on any atom is -0.479 e. The van der Waals surface area contributed by atoms with Crippen LogP contribution in [-0.2, 0) is 14.8 Å². The molecule has 1 atom stereocenters. The van der Waals surface area contributed by atoms with Crippen molar-refractivity contribution in [3.8, 4) is 6.07 Å². The molecule has 1 rings (SSSR count). The van der Waals surface area contributed by atoms with Crippen molar-refractivity contribution in [1.29, 1.82) is 5.26 Å². The van der Waals surface area contributed by atoms with Gasteiger partial charge >= 0.3 is 5.97 Å². The van der Waals surface area contributed by atoms with Gasteiger partial charge in [0, 0.05) is 6.20 Å². The lowest BCUT2D eigenvalue weighted by molar-refractivity contribution is -0.155. The van der Waals surface area contributed by atoms with E-state index >= 15 is 0 Å². The molecule has 3 N–H and O–H groups in total. The summed E-state index contributed by atoms with van der Waals surface area (Å²) in [5.41, 5.74) is -2.16. The van der Waals surface area contributed by atoms with Crippen LogP contribution in [0.3, 0.4) is 0 Å². The largest absolute Gasteiger partial charge is 0.479 e. The van der Waals surface area contributed by atoms with E-state index in [2.05, 4.69) is 4.98 Å². The Bertz CT molecular complexity index is 616. The van der Waals surface area contributed by atoms with Crippen molar-refractivity contribution >= 4 is 16.0 Å². The molecule has 0 spiro atoms. The van der Waals surface area contributed by atoms with Crippen LogP contribution in [0, 0.1) is 11.3 Å². The molecule has 0 aliphatic rings. The first-order chi connectivity index (χ1) is 8.69. The summed E-state index contributed by atoms with van der Waals surface area (Å²) in [5, 5.41) is 26.6. The number of nitriles is 1. The highest BCUT2D eigenvalue weighted by Gasteiger charge is 2.31. The number of pyridine rings is 1. The third-order valence-electron chi connectivity index (χ3n) is 2.23. The molecule has 1 unspecified atom stereocenters. The second kappa shape index (κ2) is 5.31. The van der Waals surface area contributed by atoms with Crippen molar-refractivity contribution < 1.29 is 23.4 Å². The number of sulfonamides is 1. The van der Waals surface area contributed by atoms with Crippen molar-refractivity contribution in [1.82, 2.24) is 9.71 Å². The molecular formula is C10H11N3O5S. The second-order valence-corrected chi connectivity index (χ2v) is 5.66. The number of aliphatic hydroxyl groups is 1. The van der Waals surface area contributed by atoms with Gasteiger partial charge in [0.2, 0.25) is 10.0 Å². The van der Waals surface area contributed by atoms with Crippen LogP contribution in [0.25, 0.3) is 0 Å². The highest BCUT2D eigenvalue weighted by molar-refractivity contribution is 7.89. The van der Waals surface area contributed by atoms with E-state index in [9.17, 15) is 18.3 Å². The van der Waals surface area contributed by atoms with E-state index < -0.39 is 28.1 Å². The summed E-state index contributed by atoms with van der Waals surface area (Å²) < 4.78 is 25.5. The number of aromatic nitrogens is 1. The average molecular weight is 285 g/mol. The number of aliphatic carboxylic acids is 1. The maximum Gasteiger partial charge on any atom is 0.336 e. The number of hydrogen-bond donors (Lipinski definition) is 3. The summed E-state index contributed by atoms with van der Waals surface area (Å²) in [5.74, 6) is -1.55. The Morgan fingerprint density at radius 1 is 1.58 bits per heavy atom. The zero-order valence-electron chi connectivity index (χ0n) is 9.86. The minimum absolute atomic E-state index is 0.0523. The van der Waals surface area contributed by atoms with Gasteiger partial charge in [0.15, 0.2) is 5.60 Å². The first kappa shape index (κ1) is 15.0. The van der Waals surface area contributed by atoms with Crippen LogP contribution < -0.4 is 4.72 Å². The molecular weight excluding hydrogens is 274 g/mol. The zero-order valence-corrected chi connectivity index (χ0v) is 10.7. The Balaban J connectivity index is 2.88. The van der Waals surface area contributed by atoms with Crippen LogP contribution in [0.1, 0.15) is 12.6 Å². The van der Waals surface area contributed by atoms with E-state index in [1.165, 1.54) is 6.07 Å². The molecule has 0 radical (unpaired) electrons. The summed E-state index contributed by atoms with van der Waals surface area (Å²) in [6, 6.07) is 4.10. The predicted molar refractivity (Wildman–Crippen MR) is 62.4 cm³/mol. The highest BCUT2D eigenvalue weighted by Crippen LogP contribution is 2.09. The van der Waals surface area contributed by atoms with E-state index in [-0.39, 0.29) is 10.6 Å². The number of nitrogens with zero attached hydrogens (tertiary/aromatic N) is 2. The normalized spacial score (nSPS) is 14.4. The summed E-state index contributed by atoms with van der Waals surface area (Å²) in [7, 11) is -4.00. The molecule has 0 aliphatic heterocycles. The Morgan fingerprint density at radius 2 is 2.21 bits per heavy atom. The molecule has 8 nitrogen and oxygen atoms in total. The summed E-state index contributed by atoms with van der Waals surface area (Å²) >= 11 is 0. The van der Waals surface area contributed by atoms with Gasteiger partial charge in [-0.1, -0.05) is 0 Å². The van der Waals surface area contributed by atoms with Crippen LogP contribution in [0.5, 0.6) is 0 Å². The van der Waals surface area contributed by atoms with E-state index in [4.69, 9.17) is 10.4 Å². The van der Waals surface area contributed by atoms with Gasteiger partial charge in [0.25, 0.3) is 0 Å². The van der Waals surface area contributed by atoms with Gasteiger partial charge in [-0.25, -0.2) is 22.9 Å². The zero-order chi connectivity index (χ0) is 14.7. The van der Waals surface area contributed by atoms with Gasteiger partial charge in [-0.2, -0.15) is 5.26 Å². The third kappa shape index (κ3) is 3.72. The van der Waals surface area contributed by atoms with Crippen molar-refractivity contribution in [3.05, 3.63) is 24.0 Å². The Labute approximate surface area is 109 Å². The SMILES string of the molecule is CC(O)(CNS(=O)(=O)c1ccc(C#N)nc1)C(=O)O. The predicted octanol–water partition coefficient (Wildman–Crippen LogP) is -0.933. The molecule has 0 aromatic carbocycles. The number of carbonyl (C=O) groups is 1. The maximum absolute atomic E-state index is 11.8. The highest BCUT2D eigenvalue weighted by atomic mass is 32.2. The lowest BCUT2D eigenvalue weighted by Gasteiger charge is -2.18. The molecule has 0 aliphatic carbocycles. The topological polar surface area (TPSA) is 140 Å². The molecule has 0 saturated carbocycles. The fourth-order valence-electron chi connectivity index (χ4n) is 1.000. The summed E-state index contributed by atoms with van der Waals surface area (Å²) in [6.07, 6.45) is 0.969. The van der Waals surface area contributed by atoms with Gasteiger partial charge in [0.05, 0.1) is 6.54 Å². The molecule has 0 fully saturated rings. The molecule has 9 heteroatoms. The van der Waals surface area contributed by atoms with Crippen LogP contribution in [0.2, 0.25) is 0 Å². The molecule has 0 saturated heterocycles.